The second-order valence-corrected chi connectivity index (χ2v) is 11.8. The lowest BCUT2D eigenvalue weighted by molar-refractivity contribution is -0.139. The first-order chi connectivity index (χ1) is 18.9. The standard InChI is InChI=1S/C28H31N5O6S.HI/c1-17(28(36)37)33(20-10-7-9-19(14-20)24(29)30)27(35)25(31)40(38,39)21-15-18-8-3-4-11-22(18)23(16-21)26(34)32-12-5-2-6-13-32;/h3-4,7-11,14-17,25H,2,5-6,12-13,31H2,1H3,(H3,29,30)(H,36,37);1H/t17-,25?;/m0./s1. The van der Waals surface area contributed by atoms with Gasteiger partial charge in [-0.1, -0.05) is 36.4 Å². The van der Waals surface area contributed by atoms with Crippen molar-refractivity contribution in [1.29, 1.82) is 5.41 Å². The number of hydrogen-bond donors (Lipinski definition) is 4. The normalized spacial score (nSPS) is 14.9. The van der Waals surface area contributed by atoms with E-state index < -0.39 is 33.1 Å². The van der Waals surface area contributed by atoms with Crippen molar-refractivity contribution in [2.45, 2.75) is 42.5 Å². The maximum Gasteiger partial charge on any atom is 0.326 e. The summed E-state index contributed by atoms with van der Waals surface area (Å²) < 4.78 is 27.5. The molecule has 41 heavy (non-hydrogen) atoms. The Balaban J connectivity index is 0.00000462. The minimum atomic E-state index is -4.60. The highest BCUT2D eigenvalue weighted by Crippen LogP contribution is 2.29. The second kappa shape index (κ2) is 13.0. The third-order valence-electron chi connectivity index (χ3n) is 7.03. The molecule has 0 radical (unpaired) electrons. The number of amidine groups is 1. The minimum Gasteiger partial charge on any atom is -0.480 e. The highest BCUT2D eigenvalue weighted by Gasteiger charge is 2.39. The van der Waals surface area contributed by atoms with E-state index in [1.807, 2.05) is 0 Å². The van der Waals surface area contributed by atoms with E-state index in [0.29, 0.717) is 23.9 Å². The highest BCUT2D eigenvalue weighted by atomic mass is 127. The number of piperidine rings is 1. The monoisotopic (exact) mass is 693 g/mol. The van der Waals surface area contributed by atoms with E-state index in [-0.39, 0.29) is 57.4 Å². The van der Waals surface area contributed by atoms with Crippen LogP contribution in [0.1, 0.15) is 42.1 Å². The van der Waals surface area contributed by atoms with Crippen LogP contribution >= 0.6 is 24.0 Å². The number of aliphatic carboxylic acids is 1. The number of nitrogens with two attached hydrogens (primary N) is 2. The van der Waals surface area contributed by atoms with Crippen LogP contribution in [-0.2, 0) is 19.4 Å². The van der Waals surface area contributed by atoms with E-state index in [9.17, 15) is 27.9 Å². The molecule has 0 aliphatic carbocycles. The summed E-state index contributed by atoms with van der Waals surface area (Å²) in [6.07, 6.45) is 2.71. The summed E-state index contributed by atoms with van der Waals surface area (Å²) in [5.41, 5.74) is 12.0. The Morgan fingerprint density at radius 2 is 1.66 bits per heavy atom. The molecule has 1 fully saturated rings. The molecule has 3 aromatic rings. The van der Waals surface area contributed by atoms with E-state index in [1.54, 1.807) is 29.2 Å². The van der Waals surface area contributed by atoms with Gasteiger partial charge in [0, 0.05) is 29.9 Å². The molecule has 3 aromatic carbocycles. The van der Waals surface area contributed by atoms with E-state index in [2.05, 4.69) is 0 Å². The van der Waals surface area contributed by atoms with Gasteiger partial charge in [0.25, 0.3) is 11.8 Å². The number of rotatable bonds is 8. The number of likely N-dealkylation sites (tertiary alicyclic amines) is 1. The molecule has 1 unspecified atom stereocenters. The lowest BCUT2D eigenvalue weighted by atomic mass is 10.0. The fourth-order valence-electron chi connectivity index (χ4n) is 4.78. The maximum atomic E-state index is 13.8. The molecule has 0 aromatic heterocycles. The lowest BCUT2D eigenvalue weighted by Crippen LogP contribution is -2.53. The fourth-order valence-corrected chi connectivity index (χ4v) is 6.03. The van der Waals surface area contributed by atoms with Crippen LogP contribution < -0.4 is 16.4 Å². The number of benzene rings is 3. The number of anilines is 1. The van der Waals surface area contributed by atoms with Gasteiger partial charge in [-0.3, -0.25) is 19.9 Å². The molecule has 6 N–H and O–H groups in total. The molecule has 0 bridgehead atoms. The Labute approximate surface area is 254 Å². The molecule has 2 amide bonds. The predicted molar refractivity (Wildman–Crippen MR) is 166 cm³/mol. The van der Waals surface area contributed by atoms with Crippen molar-refractivity contribution in [2.75, 3.05) is 18.0 Å². The number of sulfone groups is 1. The number of carbonyl (C=O) groups is 3. The fraction of sp³-hybridized carbons (Fsp3) is 0.286. The van der Waals surface area contributed by atoms with Gasteiger partial charge < -0.3 is 21.5 Å². The van der Waals surface area contributed by atoms with Gasteiger partial charge >= 0.3 is 5.97 Å². The highest BCUT2D eigenvalue weighted by molar-refractivity contribution is 14.0. The number of carbonyl (C=O) groups excluding carboxylic acids is 2. The number of nitrogens with zero attached hydrogens (tertiary/aromatic N) is 2. The van der Waals surface area contributed by atoms with Gasteiger partial charge in [0.2, 0.25) is 9.84 Å². The summed E-state index contributed by atoms with van der Waals surface area (Å²) in [5.74, 6) is -3.22. The number of halogens is 1. The largest absolute Gasteiger partial charge is 0.480 e. The SMILES string of the molecule is C[C@@H](C(=O)O)N(C(=O)C(N)S(=O)(=O)c1cc(C(=O)N2CCCCC2)c2ccccc2c1)c1cccc(C(=N)N)c1.I. The van der Waals surface area contributed by atoms with Crippen LogP contribution in [-0.4, -0.2) is 66.5 Å². The quantitative estimate of drug-likeness (QED) is 0.158. The summed E-state index contributed by atoms with van der Waals surface area (Å²) in [6, 6.07) is 13.6. The van der Waals surface area contributed by atoms with Gasteiger partial charge in [0.1, 0.15) is 11.9 Å². The lowest BCUT2D eigenvalue weighted by Gasteiger charge is -2.29. The van der Waals surface area contributed by atoms with Crippen LogP contribution in [0.4, 0.5) is 5.69 Å². The molecular formula is C28H32IN5O6S. The second-order valence-electron chi connectivity index (χ2n) is 9.70. The van der Waals surface area contributed by atoms with Gasteiger partial charge in [0.05, 0.1) is 4.90 Å². The van der Waals surface area contributed by atoms with Crippen molar-refractivity contribution < 1.29 is 27.9 Å². The predicted octanol–water partition coefficient (Wildman–Crippen LogP) is 2.93. The first kappa shape index (κ1) is 32.0. The minimum absolute atomic E-state index is 0. The number of fused-ring (bicyclic) bond motifs is 1. The van der Waals surface area contributed by atoms with E-state index >= 15 is 0 Å². The molecular weight excluding hydrogens is 661 g/mol. The third kappa shape index (κ3) is 6.52. The van der Waals surface area contributed by atoms with Crippen molar-refractivity contribution in [3.63, 3.8) is 0 Å². The van der Waals surface area contributed by atoms with Crippen LogP contribution in [0.15, 0.2) is 65.6 Å². The summed E-state index contributed by atoms with van der Waals surface area (Å²) in [5, 5.41) is 16.2. The first-order valence-electron chi connectivity index (χ1n) is 12.8. The Hall–Kier alpha value is -3.56. The topological polar surface area (TPSA) is 188 Å². The third-order valence-corrected chi connectivity index (χ3v) is 8.80. The summed E-state index contributed by atoms with van der Waals surface area (Å²) >= 11 is 0. The molecule has 11 nitrogen and oxygen atoms in total. The van der Waals surface area contributed by atoms with Crippen LogP contribution in [0, 0.1) is 5.41 Å². The molecule has 0 spiro atoms. The van der Waals surface area contributed by atoms with Crippen LogP contribution in [0.25, 0.3) is 10.8 Å². The number of nitrogen functional groups attached to an aromatic ring is 1. The van der Waals surface area contributed by atoms with E-state index in [4.69, 9.17) is 16.9 Å². The van der Waals surface area contributed by atoms with Gasteiger partial charge in [-0.2, -0.15) is 0 Å². The smallest absolute Gasteiger partial charge is 0.326 e. The molecule has 1 aliphatic heterocycles. The van der Waals surface area contributed by atoms with Gasteiger partial charge in [-0.25, -0.2) is 13.2 Å². The van der Waals surface area contributed by atoms with Crippen molar-refractivity contribution >= 4 is 73.9 Å². The molecule has 0 saturated carbocycles. The molecule has 1 heterocycles. The van der Waals surface area contributed by atoms with E-state index in [0.717, 1.165) is 24.2 Å². The van der Waals surface area contributed by atoms with Crippen LogP contribution in [0.3, 0.4) is 0 Å². The van der Waals surface area contributed by atoms with Crippen molar-refractivity contribution in [3.8, 4) is 0 Å². The average molecular weight is 694 g/mol. The van der Waals surface area contributed by atoms with Crippen molar-refractivity contribution in [2.24, 2.45) is 11.5 Å². The Kier molecular flexibility index (Phi) is 10.1. The molecule has 13 heteroatoms. The summed E-state index contributed by atoms with van der Waals surface area (Å²) in [6.45, 7) is 2.33. The Bertz CT molecular complexity index is 1610. The molecule has 1 saturated heterocycles. The zero-order valence-corrected chi connectivity index (χ0v) is 25.5. The molecule has 2 atom stereocenters. The molecule has 4 rings (SSSR count). The number of amides is 2. The number of hydrogen-bond acceptors (Lipinski definition) is 7. The first-order valence-corrected chi connectivity index (χ1v) is 14.3. The Morgan fingerprint density at radius 3 is 2.29 bits per heavy atom. The molecule has 218 valence electrons. The average Bonchev–Trinajstić information content (AvgIpc) is 2.96. The van der Waals surface area contributed by atoms with Gasteiger partial charge in [-0.05, 0) is 61.2 Å². The molecule has 1 aliphatic rings. The van der Waals surface area contributed by atoms with Gasteiger partial charge in [0.15, 0.2) is 5.37 Å². The van der Waals surface area contributed by atoms with Crippen molar-refractivity contribution in [3.05, 3.63) is 71.8 Å². The van der Waals surface area contributed by atoms with E-state index in [1.165, 1.54) is 43.3 Å². The number of nitrogens with one attached hydrogen (secondary N) is 1. The zero-order chi connectivity index (χ0) is 29.2. The van der Waals surface area contributed by atoms with Gasteiger partial charge in [-0.15, -0.1) is 24.0 Å². The van der Waals surface area contributed by atoms with Crippen LogP contribution in [0.2, 0.25) is 0 Å². The number of carboxylic acid groups (broad SMARTS) is 1. The Morgan fingerprint density at radius 1 is 1.00 bits per heavy atom. The van der Waals surface area contributed by atoms with Crippen molar-refractivity contribution in [1.82, 2.24) is 4.90 Å². The van der Waals surface area contributed by atoms with Crippen LogP contribution in [0.5, 0.6) is 0 Å². The number of carboxylic acids is 1. The summed E-state index contributed by atoms with van der Waals surface area (Å²) in [7, 11) is -4.60. The maximum absolute atomic E-state index is 13.8. The summed E-state index contributed by atoms with van der Waals surface area (Å²) in [4.78, 5) is 41.1. The zero-order valence-electron chi connectivity index (χ0n) is 22.3.